The van der Waals surface area contributed by atoms with E-state index < -0.39 is 0 Å². The summed E-state index contributed by atoms with van der Waals surface area (Å²) in [4.78, 5) is 2.45. The summed E-state index contributed by atoms with van der Waals surface area (Å²) in [5, 5.41) is 3.69. The Morgan fingerprint density at radius 2 is 2.10 bits per heavy atom. The zero-order valence-corrected chi connectivity index (χ0v) is 14.2. The average molecular weight is 355 g/mol. The van der Waals surface area contributed by atoms with E-state index in [2.05, 4.69) is 33.2 Å². The van der Waals surface area contributed by atoms with Crippen LogP contribution in [0.25, 0.3) is 0 Å². The molecule has 0 spiro atoms. The lowest BCUT2D eigenvalue weighted by molar-refractivity contribution is 0.188. The van der Waals surface area contributed by atoms with Gasteiger partial charge in [0.2, 0.25) is 0 Å². The van der Waals surface area contributed by atoms with E-state index in [9.17, 15) is 4.39 Å². The molecule has 116 valence electrons. The minimum Gasteiger partial charge on any atom is -0.314 e. The lowest BCUT2D eigenvalue weighted by atomic mass is 9.89. The maximum Gasteiger partial charge on any atom is 0.137 e. The van der Waals surface area contributed by atoms with Gasteiger partial charge in [0.05, 0.1) is 4.47 Å². The highest BCUT2D eigenvalue weighted by molar-refractivity contribution is 9.10. The van der Waals surface area contributed by atoms with Gasteiger partial charge in [-0.05, 0) is 78.8 Å². The quantitative estimate of drug-likeness (QED) is 0.874. The van der Waals surface area contributed by atoms with Gasteiger partial charge in [0.15, 0.2) is 0 Å². The average Bonchev–Trinajstić information content (AvgIpc) is 3.28. The Kier molecular flexibility index (Phi) is 4.97. The first kappa shape index (κ1) is 15.4. The van der Waals surface area contributed by atoms with Crippen LogP contribution in [-0.2, 0) is 0 Å². The van der Waals surface area contributed by atoms with Crippen LogP contribution in [0.5, 0.6) is 0 Å². The standard InChI is InChI=1S/C17H24BrFN2/c1-21-9-3-2-4-13(11-20-14-6-7-14)17(21)12-5-8-16(19)15(18)10-12/h5,8,10,13-14,17,20H,2-4,6-7,9,11H2,1H3. The van der Waals surface area contributed by atoms with Crippen LogP contribution >= 0.6 is 15.9 Å². The lowest BCUT2D eigenvalue weighted by Gasteiger charge is -2.33. The maximum absolute atomic E-state index is 13.5. The first-order valence-corrected chi connectivity index (χ1v) is 8.83. The van der Waals surface area contributed by atoms with Crippen molar-refractivity contribution in [1.82, 2.24) is 10.2 Å². The molecular formula is C17H24BrFN2. The number of nitrogens with zero attached hydrogens (tertiary/aromatic N) is 1. The second-order valence-electron chi connectivity index (χ2n) is 6.54. The molecule has 2 unspecified atom stereocenters. The fourth-order valence-electron chi connectivity index (χ4n) is 3.47. The maximum atomic E-state index is 13.5. The zero-order valence-electron chi connectivity index (χ0n) is 12.6. The van der Waals surface area contributed by atoms with Crippen LogP contribution in [0.2, 0.25) is 0 Å². The van der Waals surface area contributed by atoms with E-state index in [1.54, 1.807) is 6.07 Å². The number of likely N-dealkylation sites (tertiary alicyclic amines) is 1. The molecule has 2 fully saturated rings. The van der Waals surface area contributed by atoms with Crippen molar-refractivity contribution in [2.24, 2.45) is 5.92 Å². The van der Waals surface area contributed by atoms with Crippen LogP contribution in [-0.4, -0.2) is 31.1 Å². The number of halogens is 2. The van der Waals surface area contributed by atoms with Crippen LogP contribution in [0.4, 0.5) is 4.39 Å². The van der Waals surface area contributed by atoms with Crippen molar-refractivity contribution >= 4 is 15.9 Å². The topological polar surface area (TPSA) is 15.3 Å². The van der Waals surface area contributed by atoms with Crippen molar-refractivity contribution in [3.05, 3.63) is 34.1 Å². The van der Waals surface area contributed by atoms with E-state index in [1.807, 2.05) is 12.1 Å². The highest BCUT2D eigenvalue weighted by Crippen LogP contribution is 2.36. The second-order valence-corrected chi connectivity index (χ2v) is 7.39. The molecule has 3 rings (SSSR count). The Balaban J connectivity index is 1.81. The molecule has 1 saturated carbocycles. The Labute approximate surface area is 135 Å². The summed E-state index contributed by atoms with van der Waals surface area (Å²) in [6.45, 7) is 2.20. The lowest BCUT2D eigenvalue weighted by Crippen LogP contribution is -2.35. The fourth-order valence-corrected chi connectivity index (χ4v) is 3.86. The van der Waals surface area contributed by atoms with Crippen molar-refractivity contribution in [2.45, 2.75) is 44.2 Å². The molecule has 1 aromatic carbocycles. The zero-order chi connectivity index (χ0) is 14.8. The summed E-state index contributed by atoms with van der Waals surface area (Å²) >= 11 is 3.34. The van der Waals surface area contributed by atoms with E-state index >= 15 is 0 Å². The van der Waals surface area contributed by atoms with E-state index in [4.69, 9.17) is 0 Å². The summed E-state index contributed by atoms with van der Waals surface area (Å²) in [6.07, 6.45) is 6.46. The molecule has 1 heterocycles. The molecule has 1 aromatic rings. The van der Waals surface area contributed by atoms with Gasteiger partial charge >= 0.3 is 0 Å². The second kappa shape index (κ2) is 6.76. The summed E-state index contributed by atoms with van der Waals surface area (Å²) in [5.74, 6) is 0.429. The predicted molar refractivity (Wildman–Crippen MR) is 87.8 cm³/mol. The third-order valence-corrected chi connectivity index (χ3v) is 5.40. The predicted octanol–water partition coefficient (Wildman–Crippen LogP) is 4.11. The van der Waals surface area contributed by atoms with Gasteiger partial charge in [-0.2, -0.15) is 0 Å². The number of hydrogen-bond donors (Lipinski definition) is 1. The number of hydrogen-bond acceptors (Lipinski definition) is 2. The molecule has 0 amide bonds. The molecule has 1 aliphatic carbocycles. The Morgan fingerprint density at radius 3 is 2.81 bits per heavy atom. The monoisotopic (exact) mass is 354 g/mol. The molecular weight excluding hydrogens is 331 g/mol. The molecule has 2 aliphatic rings. The molecule has 0 radical (unpaired) electrons. The molecule has 2 atom stereocenters. The van der Waals surface area contributed by atoms with Gasteiger partial charge in [-0.15, -0.1) is 0 Å². The van der Waals surface area contributed by atoms with Gasteiger partial charge in [0, 0.05) is 18.6 Å². The van der Waals surface area contributed by atoms with Crippen molar-refractivity contribution in [1.29, 1.82) is 0 Å². The number of rotatable bonds is 4. The Hall–Kier alpha value is -0.450. The number of benzene rings is 1. The van der Waals surface area contributed by atoms with Crippen molar-refractivity contribution < 1.29 is 4.39 Å². The smallest absolute Gasteiger partial charge is 0.137 e. The van der Waals surface area contributed by atoms with Crippen LogP contribution in [0.3, 0.4) is 0 Å². The van der Waals surface area contributed by atoms with Crippen LogP contribution in [0.1, 0.15) is 43.7 Å². The van der Waals surface area contributed by atoms with Gasteiger partial charge in [-0.25, -0.2) is 4.39 Å². The van der Waals surface area contributed by atoms with Crippen LogP contribution in [0, 0.1) is 11.7 Å². The summed E-state index contributed by atoms with van der Waals surface area (Å²) in [6, 6.07) is 6.64. The highest BCUT2D eigenvalue weighted by atomic mass is 79.9. The third-order valence-electron chi connectivity index (χ3n) is 4.79. The Morgan fingerprint density at radius 1 is 1.29 bits per heavy atom. The van der Waals surface area contributed by atoms with Crippen LogP contribution in [0.15, 0.2) is 22.7 Å². The minimum absolute atomic E-state index is 0.178. The van der Waals surface area contributed by atoms with Gasteiger partial charge in [0.1, 0.15) is 5.82 Å². The van der Waals surface area contributed by atoms with E-state index in [0.717, 1.165) is 19.1 Å². The molecule has 1 saturated heterocycles. The first-order chi connectivity index (χ1) is 10.1. The molecule has 0 bridgehead atoms. The van der Waals surface area contributed by atoms with Crippen molar-refractivity contribution in [3.63, 3.8) is 0 Å². The summed E-state index contributed by atoms with van der Waals surface area (Å²) in [5.41, 5.74) is 1.23. The third kappa shape index (κ3) is 3.85. The van der Waals surface area contributed by atoms with Crippen molar-refractivity contribution in [3.8, 4) is 0 Å². The molecule has 1 aliphatic heterocycles. The number of nitrogens with one attached hydrogen (secondary N) is 1. The summed E-state index contributed by atoms with van der Waals surface area (Å²) in [7, 11) is 2.21. The van der Waals surface area contributed by atoms with Crippen LogP contribution < -0.4 is 5.32 Å². The van der Waals surface area contributed by atoms with Gasteiger partial charge in [0.25, 0.3) is 0 Å². The molecule has 2 nitrogen and oxygen atoms in total. The first-order valence-electron chi connectivity index (χ1n) is 8.03. The molecule has 0 aromatic heterocycles. The SMILES string of the molecule is CN1CCCCC(CNC2CC2)C1c1ccc(F)c(Br)c1. The molecule has 21 heavy (non-hydrogen) atoms. The molecule has 4 heteroatoms. The van der Waals surface area contributed by atoms with E-state index in [0.29, 0.717) is 16.4 Å². The van der Waals surface area contributed by atoms with Gasteiger partial charge < -0.3 is 5.32 Å². The Bertz CT molecular complexity index is 490. The normalized spacial score (nSPS) is 27.6. The fraction of sp³-hybridized carbons (Fsp3) is 0.647. The van der Waals surface area contributed by atoms with Gasteiger partial charge in [-0.3, -0.25) is 4.90 Å². The van der Waals surface area contributed by atoms with E-state index in [1.165, 1.54) is 37.7 Å². The highest BCUT2D eigenvalue weighted by Gasteiger charge is 2.31. The van der Waals surface area contributed by atoms with Gasteiger partial charge in [-0.1, -0.05) is 12.5 Å². The minimum atomic E-state index is -0.178. The van der Waals surface area contributed by atoms with E-state index in [-0.39, 0.29) is 5.82 Å². The van der Waals surface area contributed by atoms with Crippen molar-refractivity contribution in [2.75, 3.05) is 20.1 Å². The summed E-state index contributed by atoms with van der Waals surface area (Å²) < 4.78 is 14.1. The molecule has 1 N–H and O–H groups in total. The largest absolute Gasteiger partial charge is 0.314 e.